The van der Waals surface area contributed by atoms with Crippen molar-refractivity contribution in [1.82, 2.24) is 4.98 Å². The molecule has 1 aromatic heterocycles. The normalized spacial score (nSPS) is 10.3. The van der Waals surface area contributed by atoms with Gasteiger partial charge in [-0.2, -0.15) is 0 Å². The van der Waals surface area contributed by atoms with Crippen LogP contribution in [-0.2, 0) is 0 Å². The summed E-state index contributed by atoms with van der Waals surface area (Å²) < 4.78 is 12.7. The van der Waals surface area contributed by atoms with Gasteiger partial charge in [-0.1, -0.05) is 12.1 Å². The van der Waals surface area contributed by atoms with Gasteiger partial charge >= 0.3 is 0 Å². The minimum atomic E-state index is -0.263. The quantitative estimate of drug-likeness (QED) is 0.758. The van der Waals surface area contributed by atoms with Crippen molar-refractivity contribution in [2.75, 3.05) is 0 Å². The number of aromatic amines is 1. The topological polar surface area (TPSA) is 32.9 Å². The Labute approximate surface area is 86.4 Å². The number of benzene rings is 1. The molecule has 0 aliphatic heterocycles. The Kier molecular flexibility index (Phi) is 2.37. The smallest absolute Gasteiger partial charge is 0.248 e. The van der Waals surface area contributed by atoms with Crippen molar-refractivity contribution in [3.63, 3.8) is 0 Å². The van der Waals surface area contributed by atoms with Crippen molar-refractivity contribution in [1.29, 1.82) is 0 Å². The second-order valence-electron chi connectivity index (χ2n) is 3.40. The number of rotatable bonds is 1. The molecule has 0 bridgehead atoms. The first-order chi connectivity index (χ1) is 7.16. The predicted octanol–water partition coefficient (Wildman–Crippen LogP) is 2.49. The van der Waals surface area contributed by atoms with E-state index in [-0.39, 0.29) is 11.4 Å². The summed E-state index contributed by atoms with van der Waals surface area (Å²) in [5.74, 6) is -0.263. The van der Waals surface area contributed by atoms with Gasteiger partial charge in [0.1, 0.15) is 5.82 Å². The molecule has 0 amide bonds. The van der Waals surface area contributed by atoms with Gasteiger partial charge in [-0.15, -0.1) is 0 Å². The second-order valence-corrected chi connectivity index (χ2v) is 3.40. The number of hydrogen-bond acceptors (Lipinski definition) is 1. The van der Waals surface area contributed by atoms with Gasteiger partial charge in [0, 0.05) is 17.8 Å². The minimum absolute atomic E-state index is 0.127. The summed E-state index contributed by atoms with van der Waals surface area (Å²) in [4.78, 5) is 13.6. The fourth-order valence-electron chi connectivity index (χ4n) is 1.51. The maximum atomic E-state index is 12.7. The molecule has 3 heteroatoms. The SMILES string of the molecule is Cc1cc(=O)[nH]cc1-c1ccc(F)cc1. The average Bonchev–Trinajstić information content (AvgIpc) is 2.20. The zero-order chi connectivity index (χ0) is 10.8. The van der Waals surface area contributed by atoms with Gasteiger partial charge in [-0.05, 0) is 30.2 Å². The molecular weight excluding hydrogens is 193 g/mol. The number of aryl methyl sites for hydroxylation is 1. The highest BCUT2D eigenvalue weighted by molar-refractivity contribution is 5.65. The molecule has 0 atom stereocenters. The zero-order valence-electron chi connectivity index (χ0n) is 8.25. The number of H-pyrrole nitrogens is 1. The molecule has 0 spiro atoms. The second kappa shape index (κ2) is 3.69. The summed E-state index contributed by atoms with van der Waals surface area (Å²) in [7, 11) is 0. The lowest BCUT2D eigenvalue weighted by Gasteiger charge is -2.04. The molecule has 0 radical (unpaired) electrons. The van der Waals surface area contributed by atoms with Gasteiger partial charge in [-0.25, -0.2) is 4.39 Å². The number of aromatic nitrogens is 1. The van der Waals surface area contributed by atoms with Crippen LogP contribution >= 0.6 is 0 Å². The van der Waals surface area contributed by atoms with Gasteiger partial charge in [0.15, 0.2) is 0 Å². The van der Waals surface area contributed by atoms with Crippen LogP contribution in [0.5, 0.6) is 0 Å². The third kappa shape index (κ3) is 1.96. The number of pyridine rings is 1. The van der Waals surface area contributed by atoms with Crippen LogP contribution in [0.15, 0.2) is 41.3 Å². The highest BCUT2D eigenvalue weighted by Gasteiger charge is 2.02. The lowest BCUT2D eigenvalue weighted by atomic mass is 10.0. The number of nitrogens with one attached hydrogen (secondary N) is 1. The molecule has 2 rings (SSSR count). The van der Waals surface area contributed by atoms with E-state index >= 15 is 0 Å². The lowest BCUT2D eigenvalue weighted by Crippen LogP contribution is -2.04. The first-order valence-corrected chi connectivity index (χ1v) is 4.62. The molecular formula is C12H10FNO. The van der Waals surface area contributed by atoms with E-state index < -0.39 is 0 Å². The average molecular weight is 203 g/mol. The van der Waals surface area contributed by atoms with E-state index in [2.05, 4.69) is 4.98 Å². The Hall–Kier alpha value is -1.90. The first kappa shape index (κ1) is 9.65. The molecule has 2 aromatic rings. The Balaban J connectivity index is 2.54. The van der Waals surface area contributed by atoms with Crippen LogP contribution < -0.4 is 5.56 Å². The summed E-state index contributed by atoms with van der Waals surface area (Å²) in [6.45, 7) is 1.86. The monoisotopic (exact) mass is 203 g/mol. The molecule has 2 nitrogen and oxygen atoms in total. The minimum Gasteiger partial charge on any atom is -0.328 e. The standard InChI is InChI=1S/C12H10FNO/c1-8-6-12(15)14-7-11(8)9-2-4-10(13)5-3-9/h2-7H,1H3,(H,14,15). The molecule has 1 aromatic carbocycles. The van der Waals surface area contributed by atoms with Gasteiger partial charge in [-0.3, -0.25) is 4.79 Å². The van der Waals surface area contributed by atoms with E-state index in [0.29, 0.717) is 0 Å². The molecule has 0 aliphatic carbocycles. The van der Waals surface area contributed by atoms with Gasteiger partial charge in [0.05, 0.1) is 0 Å². The Morgan fingerprint density at radius 1 is 1.20 bits per heavy atom. The third-order valence-electron chi connectivity index (χ3n) is 2.29. The van der Waals surface area contributed by atoms with Crippen LogP contribution in [0, 0.1) is 12.7 Å². The third-order valence-corrected chi connectivity index (χ3v) is 2.29. The molecule has 15 heavy (non-hydrogen) atoms. The zero-order valence-corrected chi connectivity index (χ0v) is 8.25. The van der Waals surface area contributed by atoms with Crippen molar-refractivity contribution >= 4 is 0 Å². The summed E-state index contributed by atoms with van der Waals surface area (Å²) in [6, 6.07) is 7.71. The Morgan fingerprint density at radius 2 is 1.87 bits per heavy atom. The van der Waals surface area contributed by atoms with Crippen LogP contribution in [-0.4, -0.2) is 4.98 Å². The molecule has 1 N–H and O–H groups in total. The molecule has 1 heterocycles. The summed E-state index contributed by atoms with van der Waals surface area (Å²) in [6.07, 6.45) is 1.64. The first-order valence-electron chi connectivity index (χ1n) is 4.62. The summed E-state index contributed by atoms with van der Waals surface area (Å²) in [5.41, 5.74) is 2.56. The largest absolute Gasteiger partial charge is 0.328 e. The highest BCUT2D eigenvalue weighted by Crippen LogP contribution is 2.20. The number of halogens is 1. The Morgan fingerprint density at radius 3 is 2.47 bits per heavy atom. The maximum Gasteiger partial charge on any atom is 0.248 e. The van der Waals surface area contributed by atoms with Gasteiger partial charge in [0.2, 0.25) is 5.56 Å². The number of hydrogen-bond donors (Lipinski definition) is 1. The summed E-state index contributed by atoms with van der Waals surface area (Å²) >= 11 is 0. The van der Waals surface area contributed by atoms with Crippen molar-refractivity contribution in [2.45, 2.75) is 6.92 Å². The van der Waals surface area contributed by atoms with Crippen LogP contribution in [0.2, 0.25) is 0 Å². The highest BCUT2D eigenvalue weighted by atomic mass is 19.1. The maximum absolute atomic E-state index is 12.7. The molecule has 0 saturated heterocycles. The fraction of sp³-hybridized carbons (Fsp3) is 0.0833. The van der Waals surface area contributed by atoms with E-state index in [1.165, 1.54) is 18.2 Å². The van der Waals surface area contributed by atoms with Gasteiger partial charge < -0.3 is 4.98 Å². The fourth-order valence-corrected chi connectivity index (χ4v) is 1.51. The molecule has 0 saturated carbocycles. The molecule has 76 valence electrons. The summed E-state index contributed by atoms with van der Waals surface area (Å²) in [5, 5.41) is 0. The van der Waals surface area contributed by atoms with Crippen LogP contribution in [0.4, 0.5) is 4.39 Å². The van der Waals surface area contributed by atoms with Crippen molar-refractivity contribution in [3.05, 3.63) is 58.3 Å². The van der Waals surface area contributed by atoms with Gasteiger partial charge in [0.25, 0.3) is 0 Å². The lowest BCUT2D eigenvalue weighted by molar-refractivity contribution is 0.628. The van der Waals surface area contributed by atoms with Crippen LogP contribution in [0.25, 0.3) is 11.1 Å². The molecule has 0 aliphatic rings. The van der Waals surface area contributed by atoms with E-state index in [0.717, 1.165) is 16.7 Å². The van der Waals surface area contributed by atoms with Crippen molar-refractivity contribution < 1.29 is 4.39 Å². The molecule has 0 unspecified atom stereocenters. The Bertz CT molecular complexity index is 528. The van der Waals surface area contributed by atoms with E-state index in [4.69, 9.17) is 0 Å². The predicted molar refractivity (Wildman–Crippen MR) is 57.2 cm³/mol. The molecule has 0 fully saturated rings. The van der Waals surface area contributed by atoms with E-state index in [1.807, 2.05) is 6.92 Å². The van der Waals surface area contributed by atoms with E-state index in [9.17, 15) is 9.18 Å². The van der Waals surface area contributed by atoms with Crippen molar-refractivity contribution in [2.24, 2.45) is 0 Å². The van der Waals surface area contributed by atoms with Crippen molar-refractivity contribution in [3.8, 4) is 11.1 Å². The van der Waals surface area contributed by atoms with E-state index in [1.54, 1.807) is 18.3 Å². The van der Waals surface area contributed by atoms with Crippen LogP contribution in [0.3, 0.4) is 0 Å². The van der Waals surface area contributed by atoms with Crippen LogP contribution in [0.1, 0.15) is 5.56 Å².